The second-order valence-electron chi connectivity index (χ2n) is 7.60. The molecule has 136 valence electrons. The Bertz CT molecular complexity index is 683. The average Bonchev–Trinajstić information content (AvgIpc) is 2.53. The molecule has 0 fully saturated rings. The van der Waals surface area contributed by atoms with Gasteiger partial charge in [-0.05, 0) is 36.8 Å². The Morgan fingerprint density at radius 3 is 2.24 bits per heavy atom. The fourth-order valence-corrected chi connectivity index (χ4v) is 3.02. The predicted octanol–water partition coefficient (Wildman–Crippen LogP) is 5.45. The van der Waals surface area contributed by atoms with Crippen molar-refractivity contribution in [3.63, 3.8) is 0 Å². The first-order valence-electron chi connectivity index (χ1n) is 9.32. The Hall–Kier alpha value is -2.10. The maximum Gasteiger partial charge on any atom is 0.229 e. The molecule has 1 N–H and O–H groups in total. The number of anilines is 3. The van der Waals surface area contributed by atoms with Crippen LogP contribution in [-0.2, 0) is 5.41 Å². The monoisotopic (exact) mass is 340 g/mol. The lowest BCUT2D eigenvalue weighted by molar-refractivity contribution is 0.592. The van der Waals surface area contributed by atoms with Gasteiger partial charge in [-0.15, -0.1) is 0 Å². The van der Waals surface area contributed by atoms with E-state index in [1.807, 2.05) is 6.92 Å². The van der Waals surface area contributed by atoms with Gasteiger partial charge in [-0.25, -0.2) is 4.98 Å². The summed E-state index contributed by atoms with van der Waals surface area (Å²) in [6.45, 7) is 15.1. The molecule has 0 unspecified atom stereocenters. The summed E-state index contributed by atoms with van der Waals surface area (Å²) >= 11 is 0. The summed E-state index contributed by atoms with van der Waals surface area (Å²) in [5, 5.41) is 3.45. The zero-order chi connectivity index (χ0) is 18.4. The average molecular weight is 341 g/mol. The van der Waals surface area contributed by atoms with Crippen LogP contribution in [-0.4, -0.2) is 23.1 Å². The number of hydrogen-bond donors (Lipinski definition) is 1. The molecule has 0 aliphatic heterocycles. The van der Waals surface area contributed by atoms with Crippen LogP contribution in [0, 0.1) is 6.92 Å². The number of rotatable bonds is 7. The van der Waals surface area contributed by atoms with Crippen molar-refractivity contribution in [1.29, 1.82) is 0 Å². The number of benzene rings is 1. The number of hydrogen-bond acceptors (Lipinski definition) is 4. The fraction of sp³-hybridized carbons (Fsp3) is 0.524. The number of para-hydroxylation sites is 1. The molecule has 1 aromatic heterocycles. The zero-order valence-electron chi connectivity index (χ0n) is 16.6. The van der Waals surface area contributed by atoms with E-state index in [2.05, 4.69) is 80.2 Å². The molecule has 0 atom stereocenters. The van der Waals surface area contributed by atoms with Crippen molar-refractivity contribution in [3.05, 3.63) is 41.6 Å². The Labute approximate surface area is 152 Å². The van der Waals surface area contributed by atoms with E-state index in [1.165, 1.54) is 5.56 Å². The maximum absolute atomic E-state index is 4.79. The minimum atomic E-state index is 0.0622. The third-order valence-corrected chi connectivity index (χ3v) is 4.13. The van der Waals surface area contributed by atoms with Gasteiger partial charge in [-0.3, -0.25) is 0 Å². The van der Waals surface area contributed by atoms with E-state index in [9.17, 15) is 0 Å². The molecule has 2 rings (SSSR count). The standard InChI is InChI=1S/C21H32N4/c1-7-13-25(14-8-2)19-15-16(3)22-20(24-19)23-18-12-10-9-11-17(18)21(4,5)6/h9-12,15H,7-8,13-14H2,1-6H3,(H,22,23,24). The van der Waals surface area contributed by atoms with Gasteiger partial charge in [0, 0.05) is 30.5 Å². The molecule has 2 aromatic rings. The van der Waals surface area contributed by atoms with E-state index in [0.717, 1.165) is 43.1 Å². The molecule has 0 amide bonds. The molecule has 0 aliphatic rings. The number of aromatic nitrogens is 2. The van der Waals surface area contributed by atoms with Crippen molar-refractivity contribution in [2.75, 3.05) is 23.3 Å². The molecule has 4 nitrogen and oxygen atoms in total. The summed E-state index contributed by atoms with van der Waals surface area (Å²) in [6, 6.07) is 10.5. The van der Waals surface area contributed by atoms with E-state index >= 15 is 0 Å². The zero-order valence-corrected chi connectivity index (χ0v) is 16.6. The minimum Gasteiger partial charge on any atom is -0.356 e. The van der Waals surface area contributed by atoms with Crippen LogP contribution in [0.25, 0.3) is 0 Å². The van der Waals surface area contributed by atoms with Crippen LogP contribution in [0.3, 0.4) is 0 Å². The van der Waals surface area contributed by atoms with Crippen LogP contribution in [0.2, 0.25) is 0 Å². The van der Waals surface area contributed by atoms with E-state index in [0.29, 0.717) is 5.95 Å². The van der Waals surface area contributed by atoms with Gasteiger partial charge < -0.3 is 10.2 Å². The van der Waals surface area contributed by atoms with Crippen molar-refractivity contribution in [3.8, 4) is 0 Å². The molecular weight excluding hydrogens is 308 g/mol. The lowest BCUT2D eigenvalue weighted by atomic mass is 9.86. The Morgan fingerprint density at radius 1 is 1.00 bits per heavy atom. The second-order valence-corrected chi connectivity index (χ2v) is 7.60. The molecule has 0 bridgehead atoms. The summed E-state index contributed by atoms with van der Waals surface area (Å²) in [4.78, 5) is 11.7. The minimum absolute atomic E-state index is 0.0622. The highest BCUT2D eigenvalue weighted by Gasteiger charge is 2.18. The lowest BCUT2D eigenvalue weighted by Crippen LogP contribution is -2.26. The number of aryl methyl sites for hydroxylation is 1. The van der Waals surface area contributed by atoms with Crippen molar-refractivity contribution in [2.24, 2.45) is 0 Å². The summed E-state index contributed by atoms with van der Waals surface area (Å²) in [6.07, 6.45) is 2.22. The van der Waals surface area contributed by atoms with Gasteiger partial charge in [0.05, 0.1) is 0 Å². The molecule has 1 heterocycles. The smallest absolute Gasteiger partial charge is 0.229 e. The van der Waals surface area contributed by atoms with Gasteiger partial charge >= 0.3 is 0 Å². The fourth-order valence-electron chi connectivity index (χ4n) is 3.02. The summed E-state index contributed by atoms with van der Waals surface area (Å²) in [5.41, 5.74) is 3.38. The molecule has 0 saturated heterocycles. The molecule has 0 radical (unpaired) electrons. The number of nitrogens with zero attached hydrogens (tertiary/aromatic N) is 3. The molecule has 0 saturated carbocycles. The van der Waals surface area contributed by atoms with Crippen LogP contribution in [0.5, 0.6) is 0 Å². The van der Waals surface area contributed by atoms with Gasteiger partial charge in [0.15, 0.2) is 0 Å². The van der Waals surface area contributed by atoms with Crippen LogP contribution in [0.1, 0.15) is 58.7 Å². The number of nitrogens with one attached hydrogen (secondary N) is 1. The van der Waals surface area contributed by atoms with Gasteiger partial charge in [0.25, 0.3) is 0 Å². The second kappa shape index (κ2) is 8.32. The normalized spacial score (nSPS) is 11.4. The van der Waals surface area contributed by atoms with Crippen molar-refractivity contribution in [1.82, 2.24) is 9.97 Å². The Morgan fingerprint density at radius 2 is 1.64 bits per heavy atom. The first-order chi connectivity index (χ1) is 11.8. The first-order valence-corrected chi connectivity index (χ1v) is 9.32. The van der Waals surface area contributed by atoms with Crippen molar-refractivity contribution >= 4 is 17.5 Å². The summed E-state index contributed by atoms with van der Waals surface area (Å²) in [5.74, 6) is 1.68. The SMILES string of the molecule is CCCN(CCC)c1cc(C)nc(Nc2ccccc2C(C)(C)C)n1. The van der Waals surface area contributed by atoms with E-state index in [-0.39, 0.29) is 5.41 Å². The van der Waals surface area contributed by atoms with Crippen LogP contribution in [0.4, 0.5) is 17.5 Å². The molecule has 0 aliphatic carbocycles. The van der Waals surface area contributed by atoms with Gasteiger partial charge in [0.2, 0.25) is 5.95 Å². The highest BCUT2D eigenvalue weighted by atomic mass is 15.2. The Kier molecular flexibility index (Phi) is 6.40. The molecule has 1 aromatic carbocycles. The van der Waals surface area contributed by atoms with Gasteiger partial charge in [-0.1, -0.05) is 52.8 Å². The van der Waals surface area contributed by atoms with Crippen molar-refractivity contribution in [2.45, 2.75) is 59.8 Å². The predicted molar refractivity (Wildman–Crippen MR) is 108 cm³/mol. The van der Waals surface area contributed by atoms with Crippen LogP contribution < -0.4 is 10.2 Å². The molecular formula is C21H32N4. The summed E-state index contributed by atoms with van der Waals surface area (Å²) in [7, 11) is 0. The largest absolute Gasteiger partial charge is 0.356 e. The third kappa shape index (κ3) is 5.18. The first kappa shape index (κ1) is 19.2. The lowest BCUT2D eigenvalue weighted by Gasteiger charge is -2.25. The van der Waals surface area contributed by atoms with E-state index in [4.69, 9.17) is 4.98 Å². The topological polar surface area (TPSA) is 41.1 Å². The van der Waals surface area contributed by atoms with Crippen LogP contribution >= 0.6 is 0 Å². The molecule has 25 heavy (non-hydrogen) atoms. The maximum atomic E-state index is 4.79. The molecule has 0 spiro atoms. The van der Waals surface area contributed by atoms with Crippen molar-refractivity contribution < 1.29 is 0 Å². The Balaban J connectivity index is 2.35. The third-order valence-electron chi connectivity index (χ3n) is 4.13. The van der Waals surface area contributed by atoms with Crippen LogP contribution in [0.15, 0.2) is 30.3 Å². The van der Waals surface area contributed by atoms with E-state index in [1.54, 1.807) is 0 Å². The quantitative estimate of drug-likeness (QED) is 0.727. The highest BCUT2D eigenvalue weighted by Crippen LogP contribution is 2.31. The van der Waals surface area contributed by atoms with E-state index < -0.39 is 0 Å². The highest BCUT2D eigenvalue weighted by molar-refractivity contribution is 5.61. The summed E-state index contributed by atoms with van der Waals surface area (Å²) < 4.78 is 0. The van der Waals surface area contributed by atoms with Gasteiger partial charge in [0.1, 0.15) is 5.82 Å². The van der Waals surface area contributed by atoms with Gasteiger partial charge in [-0.2, -0.15) is 4.98 Å². The molecule has 4 heteroatoms.